The lowest BCUT2D eigenvalue weighted by Crippen LogP contribution is -2.47. The maximum Gasteiger partial charge on any atom is 0.130 e. The Morgan fingerprint density at radius 1 is 1.04 bits per heavy atom. The van der Waals surface area contributed by atoms with Crippen molar-refractivity contribution < 1.29 is 9.47 Å². The molecule has 3 aliphatic heterocycles. The molecule has 130 valence electrons. The van der Waals surface area contributed by atoms with Gasteiger partial charge in [0.1, 0.15) is 11.4 Å². The average Bonchev–Trinajstić information content (AvgIpc) is 2.64. The molecule has 24 heavy (non-hydrogen) atoms. The van der Waals surface area contributed by atoms with Crippen LogP contribution in [0, 0.1) is 0 Å². The standard InChI is InChI=1S/C20H28N2O2/c1-2-21-9-7-20(8-10-21)6-5-18-15-17(3-4-19(18)24-20)16-22-11-13-23-14-12-22/h3-6,15H,2,7-14,16H2,1H3. The monoisotopic (exact) mass is 328 g/mol. The van der Waals surface area contributed by atoms with E-state index >= 15 is 0 Å². The van der Waals surface area contributed by atoms with Crippen molar-refractivity contribution in [2.45, 2.75) is 31.9 Å². The summed E-state index contributed by atoms with van der Waals surface area (Å²) >= 11 is 0. The van der Waals surface area contributed by atoms with Gasteiger partial charge in [-0.3, -0.25) is 4.90 Å². The summed E-state index contributed by atoms with van der Waals surface area (Å²) in [6.07, 6.45) is 6.77. The number of nitrogens with zero attached hydrogens (tertiary/aromatic N) is 2. The summed E-state index contributed by atoms with van der Waals surface area (Å²) in [5.74, 6) is 1.05. The number of fused-ring (bicyclic) bond motifs is 1. The van der Waals surface area contributed by atoms with Crippen LogP contribution in [0.1, 0.15) is 30.9 Å². The van der Waals surface area contributed by atoms with Gasteiger partial charge in [0.25, 0.3) is 0 Å². The van der Waals surface area contributed by atoms with Gasteiger partial charge in [0, 0.05) is 51.1 Å². The first-order valence-corrected chi connectivity index (χ1v) is 9.30. The lowest BCUT2D eigenvalue weighted by Gasteiger charge is -2.41. The number of rotatable bonds is 3. The van der Waals surface area contributed by atoms with Crippen molar-refractivity contribution in [2.24, 2.45) is 0 Å². The summed E-state index contributed by atoms with van der Waals surface area (Å²) in [5, 5.41) is 0. The molecule has 4 heteroatoms. The summed E-state index contributed by atoms with van der Waals surface area (Å²) in [6.45, 7) is 10.4. The molecular weight excluding hydrogens is 300 g/mol. The van der Waals surface area contributed by atoms with E-state index in [2.05, 4.69) is 47.1 Å². The minimum absolute atomic E-state index is 0.0790. The van der Waals surface area contributed by atoms with Gasteiger partial charge < -0.3 is 14.4 Å². The van der Waals surface area contributed by atoms with Crippen LogP contribution in [0.3, 0.4) is 0 Å². The van der Waals surface area contributed by atoms with Crippen LogP contribution in [0.5, 0.6) is 5.75 Å². The molecule has 0 N–H and O–H groups in total. The van der Waals surface area contributed by atoms with E-state index in [0.717, 1.165) is 71.1 Å². The number of likely N-dealkylation sites (tertiary alicyclic amines) is 1. The van der Waals surface area contributed by atoms with E-state index in [9.17, 15) is 0 Å². The van der Waals surface area contributed by atoms with Gasteiger partial charge in [-0.25, -0.2) is 0 Å². The molecule has 1 aromatic carbocycles. The Hall–Kier alpha value is -1.36. The Kier molecular flexibility index (Phi) is 4.61. The third-order valence-electron chi connectivity index (χ3n) is 5.61. The molecule has 1 aromatic rings. The Morgan fingerprint density at radius 3 is 2.58 bits per heavy atom. The van der Waals surface area contributed by atoms with E-state index < -0.39 is 0 Å². The molecule has 3 heterocycles. The third-order valence-corrected chi connectivity index (χ3v) is 5.61. The van der Waals surface area contributed by atoms with E-state index in [1.54, 1.807) is 0 Å². The SMILES string of the molecule is CCN1CCC2(C=Cc3cc(CN4CCOCC4)ccc3O2)CC1. The second-order valence-electron chi connectivity index (χ2n) is 7.20. The quantitative estimate of drug-likeness (QED) is 0.852. The lowest BCUT2D eigenvalue weighted by atomic mass is 9.88. The zero-order chi connectivity index (χ0) is 16.4. The molecule has 0 saturated carbocycles. The van der Waals surface area contributed by atoms with Crippen LogP contribution in [-0.4, -0.2) is 61.3 Å². The van der Waals surface area contributed by atoms with Gasteiger partial charge >= 0.3 is 0 Å². The van der Waals surface area contributed by atoms with Gasteiger partial charge in [0.15, 0.2) is 0 Å². The molecule has 0 radical (unpaired) electrons. The van der Waals surface area contributed by atoms with Crippen LogP contribution in [0.4, 0.5) is 0 Å². The Morgan fingerprint density at radius 2 is 1.83 bits per heavy atom. The van der Waals surface area contributed by atoms with Crippen LogP contribution in [-0.2, 0) is 11.3 Å². The average molecular weight is 328 g/mol. The van der Waals surface area contributed by atoms with Gasteiger partial charge in [-0.2, -0.15) is 0 Å². The number of ether oxygens (including phenoxy) is 2. The maximum absolute atomic E-state index is 6.45. The number of morpholine rings is 1. The van der Waals surface area contributed by atoms with Crippen LogP contribution in [0.2, 0.25) is 0 Å². The molecule has 2 saturated heterocycles. The normalized spacial score (nSPS) is 23.9. The summed E-state index contributed by atoms with van der Waals surface area (Å²) in [6, 6.07) is 6.68. The fraction of sp³-hybridized carbons (Fsp3) is 0.600. The number of hydrogen-bond donors (Lipinski definition) is 0. The van der Waals surface area contributed by atoms with Crippen molar-refractivity contribution >= 4 is 6.08 Å². The summed E-state index contributed by atoms with van der Waals surface area (Å²) in [7, 11) is 0. The molecule has 0 atom stereocenters. The highest BCUT2D eigenvalue weighted by atomic mass is 16.5. The lowest BCUT2D eigenvalue weighted by molar-refractivity contribution is 0.0339. The largest absolute Gasteiger partial charge is 0.482 e. The molecule has 0 unspecified atom stereocenters. The molecule has 2 fully saturated rings. The van der Waals surface area contributed by atoms with Crippen LogP contribution < -0.4 is 4.74 Å². The highest BCUT2D eigenvalue weighted by Crippen LogP contribution is 2.37. The first-order valence-electron chi connectivity index (χ1n) is 9.30. The molecule has 0 aromatic heterocycles. The molecule has 0 aliphatic carbocycles. The van der Waals surface area contributed by atoms with E-state index in [1.165, 1.54) is 11.1 Å². The predicted molar refractivity (Wildman–Crippen MR) is 96.3 cm³/mol. The van der Waals surface area contributed by atoms with E-state index in [1.807, 2.05) is 0 Å². The zero-order valence-corrected chi connectivity index (χ0v) is 14.7. The topological polar surface area (TPSA) is 24.9 Å². The van der Waals surface area contributed by atoms with Crippen molar-refractivity contribution in [1.82, 2.24) is 9.80 Å². The Bertz CT molecular complexity index is 600. The van der Waals surface area contributed by atoms with E-state index in [0.29, 0.717) is 0 Å². The smallest absolute Gasteiger partial charge is 0.130 e. The number of hydrogen-bond acceptors (Lipinski definition) is 4. The van der Waals surface area contributed by atoms with Gasteiger partial charge in [0.05, 0.1) is 13.2 Å². The minimum atomic E-state index is -0.0790. The van der Waals surface area contributed by atoms with Crippen molar-refractivity contribution in [2.75, 3.05) is 45.9 Å². The van der Waals surface area contributed by atoms with Crippen molar-refractivity contribution in [3.63, 3.8) is 0 Å². The minimum Gasteiger partial charge on any atom is -0.482 e. The van der Waals surface area contributed by atoms with Gasteiger partial charge in [-0.1, -0.05) is 19.1 Å². The maximum atomic E-state index is 6.45. The first-order chi connectivity index (χ1) is 11.8. The Balaban J connectivity index is 1.45. The van der Waals surface area contributed by atoms with Gasteiger partial charge in [0.2, 0.25) is 0 Å². The van der Waals surface area contributed by atoms with E-state index in [4.69, 9.17) is 9.47 Å². The predicted octanol–water partition coefficient (Wildman–Crippen LogP) is 2.78. The first kappa shape index (κ1) is 16.1. The van der Waals surface area contributed by atoms with Crippen molar-refractivity contribution in [3.05, 3.63) is 35.4 Å². The third kappa shape index (κ3) is 3.37. The van der Waals surface area contributed by atoms with Crippen LogP contribution in [0.25, 0.3) is 6.08 Å². The molecule has 3 aliphatic rings. The molecule has 0 amide bonds. The fourth-order valence-corrected chi connectivity index (χ4v) is 3.95. The van der Waals surface area contributed by atoms with Crippen LogP contribution in [0.15, 0.2) is 24.3 Å². The highest BCUT2D eigenvalue weighted by molar-refractivity contribution is 5.62. The van der Waals surface area contributed by atoms with Gasteiger partial charge in [-0.15, -0.1) is 0 Å². The fourth-order valence-electron chi connectivity index (χ4n) is 3.95. The molecule has 4 rings (SSSR count). The van der Waals surface area contributed by atoms with E-state index in [-0.39, 0.29) is 5.60 Å². The Labute approximate surface area is 145 Å². The molecular formula is C20H28N2O2. The van der Waals surface area contributed by atoms with Crippen LogP contribution >= 0.6 is 0 Å². The number of piperidine rings is 1. The zero-order valence-electron chi connectivity index (χ0n) is 14.7. The summed E-state index contributed by atoms with van der Waals surface area (Å²) in [5.41, 5.74) is 2.51. The van der Waals surface area contributed by atoms with Crippen molar-refractivity contribution in [3.8, 4) is 5.75 Å². The van der Waals surface area contributed by atoms with Crippen molar-refractivity contribution in [1.29, 1.82) is 0 Å². The van der Waals surface area contributed by atoms with Gasteiger partial charge in [-0.05, 0) is 30.3 Å². The summed E-state index contributed by atoms with van der Waals surface area (Å²) in [4.78, 5) is 4.96. The summed E-state index contributed by atoms with van der Waals surface area (Å²) < 4.78 is 11.9. The molecule has 1 spiro atoms. The highest BCUT2D eigenvalue weighted by Gasteiger charge is 2.36. The second kappa shape index (κ2) is 6.87. The molecule has 0 bridgehead atoms. The number of benzene rings is 1. The second-order valence-corrected chi connectivity index (χ2v) is 7.20. The molecule has 4 nitrogen and oxygen atoms in total.